The van der Waals surface area contributed by atoms with Crippen molar-refractivity contribution < 1.29 is 22.3 Å². The zero-order valence-electron chi connectivity index (χ0n) is 24.0. The minimum atomic E-state index is -4.34. The lowest BCUT2D eigenvalue weighted by atomic mass is 9.89. The van der Waals surface area contributed by atoms with Crippen LogP contribution in [0, 0.1) is 18.7 Å². The monoisotopic (exact) mass is 617 g/mol. The van der Waals surface area contributed by atoms with Gasteiger partial charge in [0, 0.05) is 77.6 Å². The van der Waals surface area contributed by atoms with E-state index in [0.717, 1.165) is 29.4 Å². The molecule has 2 bridgehead atoms. The van der Waals surface area contributed by atoms with E-state index < -0.39 is 24.0 Å². The van der Waals surface area contributed by atoms with E-state index in [1.165, 1.54) is 0 Å². The smallest absolute Gasteiger partial charge is 0.394 e. The molecule has 2 aromatic heterocycles. The van der Waals surface area contributed by atoms with Crippen LogP contribution in [-0.2, 0) is 7.05 Å². The van der Waals surface area contributed by atoms with Gasteiger partial charge in [0.25, 0.3) is 0 Å². The Bertz CT molecular complexity index is 1750. The van der Waals surface area contributed by atoms with E-state index >= 15 is 4.39 Å². The van der Waals surface area contributed by atoms with Crippen LogP contribution in [0.5, 0.6) is 6.01 Å². The van der Waals surface area contributed by atoms with Gasteiger partial charge in [-0.15, -0.1) is 0 Å². The molecule has 3 aliphatic rings. The SMILES string of the molecule is Cc1c(-c2c(Cl)cc3c(N4CC5CCC(C4)N5)nc(OC[C@@H]4[C@H](C(F)(F)F)CN4C)nc3c2F)c2cc(N)ccc2n1C. The van der Waals surface area contributed by atoms with Crippen molar-refractivity contribution in [1.82, 2.24) is 24.8 Å². The molecule has 4 atom stereocenters. The molecule has 3 fully saturated rings. The first-order chi connectivity index (χ1) is 20.4. The van der Waals surface area contributed by atoms with Crippen molar-refractivity contribution in [2.24, 2.45) is 13.0 Å². The molecule has 5 heterocycles. The quantitative estimate of drug-likeness (QED) is 0.233. The maximum atomic E-state index is 16.8. The maximum absolute atomic E-state index is 16.8. The van der Waals surface area contributed by atoms with Gasteiger partial charge in [-0.05, 0) is 51.1 Å². The number of likely N-dealkylation sites (tertiary alicyclic amines) is 1. The lowest BCUT2D eigenvalue weighted by molar-refractivity contribution is -0.230. The molecule has 2 unspecified atom stereocenters. The topological polar surface area (TPSA) is 84.5 Å². The normalized spacial score (nSPS) is 24.2. The van der Waals surface area contributed by atoms with Crippen LogP contribution >= 0.6 is 11.6 Å². The van der Waals surface area contributed by atoms with Gasteiger partial charge in [-0.2, -0.15) is 23.1 Å². The number of hydrogen-bond acceptors (Lipinski definition) is 7. The minimum Gasteiger partial charge on any atom is -0.462 e. The fraction of sp³-hybridized carbons (Fsp3) is 0.467. The lowest BCUT2D eigenvalue weighted by Crippen LogP contribution is -2.61. The van der Waals surface area contributed by atoms with Gasteiger partial charge in [0.1, 0.15) is 17.9 Å². The van der Waals surface area contributed by atoms with Gasteiger partial charge in [0.05, 0.1) is 17.0 Å². The predicted molar refractivity (Wildman–Crippen MR) is 159 cm³/mol. The van der Waals surface area contributed by atoms with Gasteiger partial charge < -0.3 is 25.3 Å². The van der Waals surface area contributed by atoms with Crippen LogP contribution in [0.1, 0.15) is 18.5 Å². The predicted octanol–water partition coefficient (Wildman–Crippen LogP) is 5.28. The molecule has 2 aromatic carbocycles. The Morgan fingerprint density at radius 2 is 1.77 bits per heavy atom. The average Bonchev–Trinajstić information content (AvgIpc) is 3.40. The van der Waals surface area contributed by atoms with Gasteiger partial charge in [-0.1, -0.05) is 11.6 Å². The molecule has 7 rings (SSSR count). The number of aryl methyl sites for hydroxylation is 1. The number of piperazine rings is 1. The van der Waals surface area contributed by atoms with E-state index in [4.69, 9.17) is 22.1 Å². The van der Waals surface area contributed by atoms with E-state index in [1.54, 1.807) is 30.1 Å². The van der Waals surface area contributed by atoms with Crippen molar-refractivity contribution in [2.45, 2.75) is 44.1 Å². The number of nitrogens with two attached hydrogens (primary N) is 1. The number of likely N-dealkylation sites (N-methyl/N-ethyl adjacent to an activating group) is 1. The molecule has 3 N–H and O–H groups in total. The summed E-state index contributed by atoms with van der Waals surface area (Å²) in [7, 11) is 3.51. The first kappa shape index (κ1) is 28.4. The highest BCUT2D eigenvalue weighted by Gasteiger charge is 2.53. The van der Waals surface area contributed by atoms with E-state index in [1.807, 2.05) is 24.6 Å². The van der Waals surface area contributed by atoms with Crippen LogP contribution in [0.25, 0.3) is 32.9 Å². The molecule has 0 amide bonds. The number of halogens is 5. The Morgan fingerprint density at radius 1 is 1.05 bits per heavy atom. The number of nitrogens with zero attached hydrogens (tertiary/aromatic N) is 5. The second kappa shape index (κ2) is 10.1. The summed E-state index contributed by atoms with van der Waals surface area (Å²) in [6.45, 7) is 2.80. The molecule has 4 aromatic rings. The Kier molecular flexibility index (Phi) is 6.68. The third-order valence-corrected chi connectivity index (χ3v) is 9.74. The van der Waals surface area contributed by atoms with Crippen LogP contribution in [0.2, 0.25) is 5.02 Å². The van der Waals surface area contributed by atoms with Crippen molar-refractivity contribution in [1.29, 1.82) is 0 Å². The minimum absolute atomic E-state index is 0.0000730. The van der Waals surface area contributed by atoms with Crippen LogP contribution in [0.15, 0.2) is 24.3 Å². The zero-order valence-corrected chi connectivity index (χ0v) is 24.7. The molecular formula is C30H32ClF4N7O. The van der Waals surface area contributed by atoms with Crippen LogP contribution in [0.3, 0.4) is 0 Å². The van der Waals surface area contributed by atoms with Gasteiger partial charge in [-0.3, -0.25) is 4.90 Å². The summed E-state index contributed by atoms with van der Waals surface area (Å²) in [5.41, 5.74) is 9.07. The molecule has 0 aliphatic carbocycles. The summed E-state index contributed by atoms with van der Waals surface area (Å²) < 4.78 is 65.1. The number of benzene rings is 2. The summed E-state index contributed by atoms with van der Waals surface area (Å²) in [5.74, 6) is -1.70. The Morgan fingerprint density at radius 3 is 2.44 bits per heavy atom. The summed E-state index contributed by atoms with van der Waals surface area (Å²) in [5, 5.41) is 4.94. The van der Waals surface area contributed by atoms with Crippen molar-refractivity contribution in [2.75, 3.05) is 43.9 Å². The van der Waals surface area contributed by atoms with Gasteiger partial charge in [0.2, 0.25) is 0 Å². The van der Waals surface area contributed by atoms with E-state index in [9.17, 15) is 13.2 Å². The number of nitrogen functional groups attached to an aromatic ring is 1. The molecule has 0 spiro atoms. The van der Waals surface area contributed by atoms with Crippen molar-refractivity contribution >= 4 is 44.9 Å². The Hall–Kier alpha value is -3.35. The third-order valence-electron chi connectivity index (χ3n) is 9.44. The van der Waals surface area contributed by atoms with Crippen molar-refractivity contribution in [3.05, 3.63) is 40.8 Å². The molecule has 0 radical (unpaired) electrons. The number of rotatable bonds is 5. The maximum Gasteiger partial charge on any atom is 0.394 e. The molecule has 0 saturated carbocycles. The lowest BCUT2D eigenvalue weighted by Gasteiger charge is -2.46. The molecule has 3 saturated heterocycles. The number of aromatic nitrogens is 3. The first-order valence-electron chi connectivity index (χ1n) is 14.4. The largest absolute Gasteiger partial charge is 0.462 e. The molecule has 3 aliphatic heterocycles. The highest BCUT2D eigenvalue weighted by molar-refractivity contribution is 6.35. The summed E-state index contributed by atoms with van der Waals surface area (Å²) in [4.78, 5) is 12.8. The average molecular weight is 618 g/mol. The summed E-state index contributed by atoms with van der Waals surface area (Å²) in [6.07, 6.45) is -2.31. The first-order valence-corrected chi connectivity index (χ1v) is 14.7. The number of nitrogens with one attached hydrogen (secondary N) is 1. The number of alkyl halides is 3. The van der Waals surface area contributed by atoms with Crippen LogP contribution in [0.4, 0.5) is 29.1 Å². The zero-order chi connectivity index (χ0) is 30.4. The van der Waals surface area contributed by atoms with Crippen molar-refractivity contribution in [3.8, 4) is 17.1 Å². The second-order valence-corrected chi connectivity index (χ2v) is 12.5. The number of hydrogen-bond donors (Lipinski definition) is 2. The fourth-order valence-electron chi connectivity index (χ4n) is 7.03. The van der Waals surface area contributed by atoms with E-state index in [0.29, 0.717) is 35.5 Å². The fourth-order valence-corrected chi connectivity index (χ4v) is 7.32. The van der Waals surface area contributed by atoms with E-state index in [-0.39, 0.29) is 47.3 Å². The standard InChI is InChI=1S/C30H32ClF4N7O/c1-14-24(18-8-15(36)4-7-22(18)41(14)3)25-21(31)9-19-27(26(25)32)38-29(43-13-23-20(12-40(23)2)30(33,34)35)39-28(19)42-10-16-5-6-17(11-42)37-16/h4,7-9,16-17,20,23,37H,5-6,10-13,36H2,1-3H3/t16?,17?,20-,23-/m1/s1. The highest BCUT2D eigenvalue weighted by Crippen LogP contribution is 2.44. The number of anilines is 2. The van der Waals surface area contributed by atoms with E-state index in [2.05, 4.69) is 20.2 Å². The van der Waals surface area contributed by atoms with Gasteiger partial charge >= 0.3 is 12.2 Å². The second-order valence-electron chi connectivity index (χ2n) is 12.1. The van der Waals surface area contributed by atoms with Crippen LogP contribution < -0.4 is 20.7 Å². The Balaban J connectivity index is 1.37. The molecule has 8 nitrogen and oxygen atoms in total. The van der Waals surface area contributed by atoms with Gasteiger partial charge in [0.15, 0.2) is 5.82 Å². The molecule has 13 heteroatoms. The van der Waals surface area contributed by atoms with Crippen LogP contribution in [-0.4, -0.2) is 77.0 Å². The summed E-state index contributed by atoms with van der Waals surface area (Å²) >= 11 is 6.88. The molecule has 228 valence electrons. The van der Waals surface area contributed by atoms with Crippen molar-refractivity contribution in [3.63, 3.8) is 0 Å². The Labute approximate surface area is 250 Å². The molecule has 43 heavy (non-hydrogen) atoms. The third kappa shape index (κ3) is 4.65. The summed E-state index contributed by atoms with van der Waals surface area (Å²) in [6, 6.07) is 6.61. The van der Waals surface area contributed by atoms with Gasteiger partial charge in [-0.25, -0.2) is 4.39 Å². The number of ether oxygens (including phenoxy) is 1. The molecular weight excluding hydrogens is 586 g/mol. The number of fused-ring (bicyclic) bond motifs is 4. The highest BCUT2D eigenvalue weighted by atomic mass is 35.5.